The quantitative estimate of drug-likeness (QED) is 0.904. The fourth-order valence-electron chi connectivity index (χ4n) is 1.49. The van der Waals surface area contributed by atoms with Gasteiger partial charge in [-0.05, 0) is 30.3 Å². The highest BCUT2D eigenvalue weighted by Crippen LogP contribution is 2.24. The average molecular weight is 267 g/mol. The van der Waals surface area contributed by atoms with E-state index in [2.05, 4.69) is 10.3 Å². The Morgan fingerprint density at radius 2 is 1.94 bits per heavy atom. The summed E-state index contributed by atoms with van der Waals surface area (Å²) in [5.74, 6) is 0. The minimum Gasteiger partial charge on any atom is -0.385 e. The summed E-state index contributed by atoms with van der Waals surface area (Å²) in [6.45, 7) is 0.814. The van der Waals surface area contributed by atoms with Crippen LogP contribution in [0.5, 0.6) is 0 Å². The van der Waals surface area contributed by atoms with Crippen LogP contribution >= 0.6 is 23.2 Å². The number of hydrogen-bond donors (Lipinski definition) is 1. The first-order valence-corrected chi connectivity index (χ1v) is 6.10. The maximum atomic E-state index is 5.93. The van der Waals surface area contributed by atoms with E-state index in [1.807, 2.05) is 30.3 Å². The Balaban J connectivity index is 1.88. The second kappa shape index (κ2) is 5.89. The fourth-order valence-corrected chi connectivity index (χ4v) is 1.79. The molecule has 2 nitrogen and oxygen atoms in total. The van der Waals surface area contributed by atoms with Crippen LogP contribution in [0.2, 0.25) is 10.0 Å². The molecule has 0 aliphatic heterocycles. The van der Waals surface area contributed by atoms with Crippen LogP contribution in [-0.2, 0) is 6.42 Å². The minimum atomic E-state index is 0.564. The molecule has 1 aromatic heterocycles. The Bertz CT molecular complexity index is 486. The summed E-state index contributed by atoms with van der Waals surface area (Å²) in [6.07, 6.45) is 2.68. The van der Waals surface area contributed by atoms with Crippen LogP contribution in [0, 0.1) is 0 Å². The first-order chi connectivity index (χ1) is 8.25. The largest absolute Gasteiger partial charge is 0.385 e. The van der Waals surface area contributed by atoms with Gasteiger partial charge in [0.25, 0.3) is 0 Å². The normalized spacial score (nSPS) is 10.2. The number of nitrogens with zero attached hydrogens (tertiary/aromatic N) is 1. The smallest absolute Gasteiger partial charge is 0.0612 e. The molecule has 0 saturated carbocycles. The molecule has 4 heteroatoms. The van der Waals surface area contributed by atoms with Gasteiger partial charge in [0.2, 0.25) is 0 Å². The van der Waals surface area contributed by atoms with Gasteiger partial charge >= 0.3 is 0 Å². The standard InChI is InChI=1S/C13H12Cl2N2/c14-12-5-4-11(9-13(12)15)17-8-6-10-3-1-2-7-16-10/h1-5,7,9,17H,6,8H2. The summed E-state index contributed by atoms with van der Waals surface area (Å²) in [5.41, 5.74) is 2.04. The molecule has 0 unspecified atom stereocenters. The second-order valence-electron chi connectivity index (χ2n) is 3.63. The average Bonchev–Trinajstić information content (AvgIpc) is 2.35. The number of aromatic nitrogens is 1. The Kier molecular flexibility index (Phi) is 4.24. The van der Waals surface area contributed by atoms with E-state index >= 15 is 0 Å². The van der Waals surface area contributed by atoms with Crippen molar-refractivity contribution in [3.63, 3.8) is 0 Å². The molecule has 0 aliphatic carbocycles. The van der Waals surface area contributed by atoms with Gasteiger partial charge < -0.3 is 5.32 Å². The number of hydrogen-bond acceptors (Lipinski definition) is 2. The molecule has 17 heavy (non-hydrogen) atoms. The number of anilines is 1. The lowest BCUT2D eigenvalue weighted by molar-refractivity contribution is 0.961. The lowest BCUT2D eigenvalue weighted by Gasteiger charge is -2.07. The van der Waals surface area contributed by atoms with E-state index in [4.69, 9.17) is 23.2 Å². The van der Waals surface area contributed by atoms with Gasteiger partial charge in [0.05, 0.1) is 10.0 Å². The van der Waals surface area contributed by atoms with Crippen LogP contribution in [0.4, 0.5) is 5.69 Å². The van der Waals surface area contributed by atoms with Crippen molar-refractivity contribution in [3.8, 4) is 0 Å². The first kappa shape index (κ1) is 12.2. The molecule has 2 rings (SSSR count). The maximum Gasteiger partial charge on any atom is 0.0612 e. The monoisotopic (exact) mass is 266 g/mol. The zero-order chi connectivity index (χ0) is 12.1. The van der Waals surface area contributed by atoms with Gasteiger partial charge in [-0.15, -0.1) is 0 Å². The minimum absolute atomic E-state index is 0.564. The summed E-state index contributed by atoms with van der Waals surface area (Å²) in [6, 6.07) is 11.4. The molecule has 0 aliphatic rings. The van der Waals surface area contributed by atoms with Crippen molar-refractivity contribution < 1.29 is 0 Å². The number of pyridine rings is 1. The molecule has 2 aromatic rings. The highest BCUT2D eigenvalue weighted by atomic mass is 35.5. The zero-order valence-corrected chi connectivity index (χ0v) is 10.7. The van der Waals surface area contributed by atoms with Crippen molar-refractivity contribution in [2.24, 2.45) is 0 Å². The van der Waals surface area contributed by atoms with E-state index in [1.54, 1.807) is 12.3 Å². The topological polar surface area (TPSA) is 24.9 Å². The lowest BCUT2D eigenvalue weighted by atomic mass is 10.2. The third-order valence-corrected chi connectivity index (χ3v) is 3.10. The highest BCUT2D eigenvalue weighted by molar-refractivity contribution is 6.42. The van der Waals surface area contributed by atoms with Gasteiger partial charge in [0.15, 0.2) is 0 Å². The summed E-state index contributed by atoms with van der Waals surface area (Å²) in [7, 11) is 0. The molecule has 1 N–H and O–H groups in total. The van der Waals surface area contributed by atoms with Crippen LogP contribution in [0.1, 0.15) is 5.69 Å². The summed E-state index contributed by atoms with van der Waals surface area (Å²) >= 11 is 11.8. The molecule has 0 spiro atoms. The van der Waals surface area contributed by atoms with Crippen LogP contribution < -0.4 is 5.32 Å². The van der Waals surface area contributed by atoms with Crippen LogP contribution in [0.25, 0.3) is 0 Å². The van der Waals surface area contributed by atoms with E-state index in [9.17, 15) is 0 Å². The Labute approximate surface area is 111 Å². The van der Waals surface area contributed by atoms with Crippen molar-refractivity contribution >= 4 is 28.9 Å². The van der Waals surface area contributed by atoms with Crippen molar-refractivity contribution in [2.75, 3.05) is 11.9 Å². The number of rotatable bonds is 4. The molecule has 0 saturated heterocycles. The van der Waals surface area contributed by atoms with Gasteiger partial charge in [-0.3, -0.25) is 4.98 Å². The molecular formula is C13H12Cl2N2. The first-order valence-electron chi connectivity index (χ1n) is 5.34. The summed E-state index contributed by atoms with van der Waals surface area (Å²) in [5, 5.41) is 4.41. The highest BCUT2D eigenvalue weighted by Gasteiger charge is 1.99. The lowest BCUT2D eigenvalue weighted by Crippen LogP contribution is -2.05. The van der Waals surface area contributed by atoms with E-state index in [0.29, 0.717) is 10.0 Å². The van der Waals surface area contributed by atoms with Gasteiger partial charge in [0.1, 0.15) is 0 Å². The van der Waals surface area contributed by atoms with Crippen molar-refractivity contribution in [2.45, 2.75) is 6.42 Å². The van der Waals surface area contributed by atoms with Gasteiger partial charge in [-0.1, -0.05) is 29.3 Å². The van der Waals surface area contributed by atoms with E-state index in [-0.39, 0.29) is 0 Å². The third kappa shape index (κ3) is 3.62. The number of halogens is 2. The Morgan fingerprint density at radius 3 is 2.65 bits per heavy atom. The van der Waals surface area contributed by atoms with Crippen molar-refractivity contribution in [3.05, 3.63) is 58.3 Å². The Hall–Kier alpha value is -1.25. The summed E-state index contributed by atoms with van der Waals surface area (Å²) in [4.78, 5) is 4.25. The molecular weight excluding hydrogens is 255 g/mol. The molecule has 1 heterocycles. The van der Waals surface area contributed by atoms with Crippen LogP contribution in [0.15, 0.2) is 42.6 Å². The molecule has 0 fully saturated rings. The SMILES string of the molecule is Clc1ccc(NCCc2ccccn2)cc1Cl. The van der Waals surface area contributed by atoms with E-state index in [1.165, 1.54) is 0 Å². The number of nitrogens with one attached hydrogen (secondary N) is 1. The second-order valence-corrected chi connectivity index (χ2v) is 4.44. The zero-order valence-electron chi connectivity index (χ0n) is 9.16. The summed E-state index contributed by atoms with van der Waals surface area (Å²) < 4.78 is 0. The van der Waals surface area contributed by atoms with E-state index < -0.39 is 0 Å². The molecule has 0 bridgehead atoms. The molecule has 1 aromatic carbocycles. The predicted molar refractivity (Wildman–Crippen MR) is 72.9 cm³/mol. The molecule has 0 atom stereocenters. The van der Waals surface area contributed by atoms with Crippen LogP contribution in [-0.4, -0.2) is 11.5 Å². The predicted octanol–water partition coefficient (Wildman–Crippen LogP) is 4.04. The maximum absolute atomic E-state index is 5.93. The van der Waals surface area contributed by atoms with Gasteiger partial charge in [-0.2, -0.15) is 0 Å². The third-order valence-electron chi connectivity index (χ3n) is 2.36. The van der Waals surface area contributed by atoms with Gasteiger partial charge in [-0.25, -0.2) is 0 Å². The van der Waals surface area contributed by atoms with Crippen molar-refractivity contribution in [1.82, 2.24) is 4.98 Å². The van der Waals surface area contributed by atoms with Gasteiger partial charge in [0, 0.05) is 30.5 Å². The number of benzene rings is 1. The molecule has 0 amide bonds. The van der Waals surface area contributed by atoms with Crippen LogP contribution in [0.3, 0.4) is 0 Å². The molecule has 88 valence electrons. The molecule has 0 radical (unpaired) electrons. The van der Waals surface area contributed by atoms with E-state index in [0.717, 1.165) is 24.3 Å². The van der Waals surface area contributed by atoms with Crippen molar-refractivity contribution in [1.29, 1.82) is 0 Å². The fraction of sp³-hybridized carbons (Fsp3) is 0.154. The Morgan fingerprint density at radius 1 is 1.06 bits per heavy atom.